The number of amides is 1. The third-order valence-corrected chi connectivity index (χ3v) is 6.98. The van der Waals surface area contributed by atoms with E-state index in [1.807, 2.05) is 29.0 Å². The molecule has 39 heavy (non-hydrogen) atoms. The number of likely N-dealkylation sites (N-methyl/N-ethyl adjacent to an activating group) is 1. The highest BCUT2D eigenvalue weighted by Gasteiger charge is 2.38. The van der Waals surface area contributed by atoms with Crippen molar-refractivity contribution in [1.82, 2.24) is 25.1 Å². The lowest BCUT2D eigenvalue weighted by molar-refractivity contribution is -0.141. The minimum Gasteiger partial charge on any atom is -0.378 e. The molecule has 2 N–H and O–H groups in total. The maximum atomic E-state index is 15.5. The Morgan fingerprint density at radius 1 is 1.10 bits per heavy atom. The second-order valence-electron chi connectivity index (χ2n) is 9.68. The van der Waals surface area contributed by atoms with Gasteiger partial charge in [-0.1, -0.05) is 0 Å². The van der Waals surface area contributed by atoms with Gasteiger partial charge in [0.1, 0.15) is 5.82 Å². The third kappa shape index (κ3) is 5.66. The monoisotopic (exact) mass is 548 g/mol. The fraction of sp³-hybridized carbons (Fsp3) is 0.440. The van der Waals surface area contributed by atoms with Crippen LogP contribution < -0.4 is 15.1 Å². The molecule has 1 atom stereocenters. The number of ether oxygens (including phenoxy) is 1. The smallest absolute Gasteiger partial charge is 0.378 e. The zero-order chi connectivity index (χ0) is 27.7. The second kappa shape index (κ2) is 10.8. The zero-order valence-corrected chi connectivity index (χ0v) is 21.4. The average molecular weight is 549 g/mol. The number of benzene rings is 1. The first-order valence-electron chi connectivity index (χ1n) is 12.4. The molecule has 0 spiro atoms. The fourth-order valence-corrected chi connectivity index (χ4v) is 4.78. The number of halogens is 4. The van der Waals surface area contributed by atoms with E-state index in [9.17, 15) is 18.0 Å². The molecule has 208 valence electrons. The van der Waals surface area contributed by atoms with E-state index in [4.69, 9.17) is 4.74 Å². The number of hydrogen-bond donors (Lipinski definition) is 2. The van der Waals surface area contributed by atoms with Crippen LogP contribution in [0, 0.1) is 5.82 Å². The zero-order valence-electron chi connectivity index (χ0n) is 21.4. The van der Waals surface area contributed by atoms with Crippen molar-refractivity contribution in [3.63, 3.8) is 0 Å². The van der Waals surface area contributed by atoms with Gasteiger partial charge in [-0.2, -0.15) is 18.3 Å². The molecule has 14 heteroatoms. The molecule has 0 bridgehead atoms. The van der Waals surface area contributed by atoms with Gasteiger partial charge in [0.15, 0.2) is 5.69 Å². The molecule has 3 aromatic rings. The van der Waals surface area contributed by atoms with Crippen molar-refractivity contribution >= 4 is 23.2 Å². The Bertz CT molecular complexity index is 1320. The first-order chi connectivity index (χ1) is 18.6. The minimum atomic E-state index is -4.80. The molecule has 10 nitrogen and oxygen atoms in total. The lowest BCUT2D eigenvalue weighted by Crippen LogP contribution is -2.37. The van der Waals surface area contributed by atoms with Crippen LogP contribution in [-0.4, -0.2) is 90.5 Å². The van der Waals surface area contributed by atoms with E-state index in [1.165, 1.54) is 24.5 Å². The Balaban J connectivity index is 1.49. The third-order valence-electron chi connectivity index (χ3n) is 6.98. The molecule has 0 aliphatic carbocycles. The van der Waals surface area contributed by atoms with Crippen molar-refractivity contribution in [2.45, 2.75) is 18.6 Å². The number of carbonyl (C=O) groups is 1. The Kier molecular flexibility index (Phi) is 7.40. The fourth-order valence-electron chi connectivity index (χ4n) is 4.78. The number of aromatic nitrogens is 4. The van der Waals surface area contributed by atoms with Gasteiger partial charge >= 0.3 is 6.18 Å². The van der Waals surface area contributed by atoms with Crippen LogP contribution in [0.15, 0.2) is 30.7 Å². The Morgan fingerprint density at radius 3 is 2.46 bits per heavy atom. The van der Waals surface area contributed by atoms with Gasteiger partial charge in [-0.05, 0) is 32.6 Å². The van der Waals surface area contributed by atoms with Gasteiger partial charge in [0.25, 0.3) is 5.91 Å². The van der Waals surface area contributed by atoms with Crippen LogP contribution in [-0.2, 0) is 10.9 Å². The maximum Gasteiger partial charge on any atom is 0.433 e. The highest BCUT2D eigenvalue weighted by atomic mass is 19.4. The molecule has 1 aromatic carbocycles. The molecule has 4 heterocycles. The summed E-state index contributed by atoms with van der Waals surface area (Å²) in [4.78, 5) is 27.7. The van der Waals surface area contributed by atoms with E-state index in [1.54, 1.807) is 0 Å². The number of anilines is 3. The van der Waals surface area contributed by atoms with Gasteiger partial charge in [0, 0.05) is 55.7 Å². The van der Waals surface area contributed by atoms with Crippen LogP contribution in [0.4, 0.5) is 34.9 Å². The largest absolute Gasteiger partial charge is 0.433 e. The highest BCUT2D eigenvalue weighted by Crippen LogP contribution is 2.37. The second-order valence-corrected chi connectivity index (χ2v) is 9.68. The number of nitrogens with zero attached hydrogens (tertiary/aromatic N) is 6. The van der Waals surface area contributed by atoms with Crippen molar-refractivity contribution in [3.05, 3.63) is 47.8 Å². The summed E-state index contributed by atoms with van der Waals surface area (Å²) in [5.41, 5.74) is -0.915. The average Bonchev–Trinajstić information content (AvgIpc) is 3.61. The summed E-state index contributed by atoms with van der Waals surface area (Å²) in [5.74, 6) is -1.10. The molecule has 2 aliphatic rings. The predicted molar refractivity (Wildman–Crippen MR) is 136 cm³/mol. The maximum absolute atomic E-state index is 15.5. The van der Waals surface area contributed by atoms with E-state index in [2.05, 4.69) is 25.3 Å². The summed E-state index contributed by atoms with van der Waals surface area (Å²) in [6.07, 6.45) is -0.207. The van der Waals surface area contributed by atoms with Crippen LogP contribution in [0.1, 0.15) is 22.5 Å². The Hall–Kier alpha value is -3.78. The summed E-state index contributed by atoms with van der Waals surface area (Å²) >= 11 is 0. The van der Waals surface area contributed by atoms with Crippen molar-refractivity contribution in [2.24, 2.45) is 0 Å². The van der Waals surface area contributed by atoms with Crippen LogP contribution in [0.3, 0.4) is 0 Å². The molecule has 2 fully saturated rings. The predicted octanol–water partition coefficient (Wildman–Crippen LogP) is 3.25. The number of carbonyl (C=O) groups excluding carboxylic acids is 1. The number of rotatable bonds is 6. The van der Waals surface area contributed by atoms with Gasteiger partial charge in [0.05, 0.1) is 36.3 Å². The lowest BCUT2D eigenvalue weighted by Gasteiger charge is -2.26. The lowest BCUT2D eigenvalue weighted by atomic mass is 10.1. The Labute approximate surface area is 222 Å². The number of H-pyrrole nitrogens is 1. The highest BCUT2D eigenvalue weighted by molar-refractivity contribution is 6.07. The van der Waals surface area contributed by atoms with Gasteiger partial charge in [-0.15, -0.1) is 0 Å². The number of alkyl halides is 3. The Morgan fingerprint density at radius 2 is 1.82 bits per heavy atom. The molecule has 2 aliphatic heterocycles. The van der Waals surface area contributed by atoms with Gasteiger partial charge < -0.3 is 24.8 Å². The van der Waals surface area contributed by atoms with Crippen molar-refractivity contribution in [2.75, 3.05) is 68.6 Å². The van der Waals surface area contributed by atoms with E-state index in [0.717, 1.165) is 12.6 Å². The topological polar surface area (TPSA) is 103 Å². The van der Waals surface area contributed by atoms with Gasteiger partial charge in [0.2, 0.25) is 5.95 Å². The molecule has 1 amide bonds. The molecule has 5 rings (SSSR count). The standard InChI is InChI=1S/C25H28F4N8O2/c1-35(2)16-3-4-37(14-16)21-10-19(26)17(15-11-30-24(31-12-15)36-5-7-39-8-6-36)9-20(21)33-23(38)18-13-32-34-22(18)25(27,28)29/h9-13,16H,3-8,14H2,1-2H3,(H,32,34)(H,33,38). The SMILES string of the molecule is CN(C)C1CCN(c2cc(F)c(-c3cnc(N4CCOCC4)nc3)cc2NC(=O)c2cn[nH]c2C(F)(F)F)C1. The van der Waals surface area contributed by atoms with Crippen LogP contribution >= 0.6 is 0 Å². The normalized spacial score (nSPS) is 18.2. The molecular weight excluding hydrogens is 520 g/mol. The summed E-state index contributed by atoms with van der Waals surface area (Å²) in [5, 5.41) is 7.80. The summed E-state index contributed by atoms with van der Waals surface area (Å²) in [6, 6.07) is 2.90. The molecule has 2 saturated heterocycles. The van der Waals surface area contributed by atoms with Crippen LogP contribution in [0.5, 0.6) is 0 Å². The molecule has 2 aromatic heterocycles. The van der Waals surface area contributed by atoms with E-state index in [0.29, 0.717) is 56.6 Å². The van der Waals surface area contributed by atoms with Crippen LogP contribution in [0.2, 0.25) is 0 Å². The molecule has 0 radical (unpaired) electrons. The van der Waals surface area contributed by atoms with Crippen molar-refractivity contribution in [1.29, 1.82) is 0 Å². The molecule has 1 unspecified atom stereocenters. The summed E-state index contributed by atoms with van der Waals surface area (Å²) < 4.78 is 61.0. The van der Waals surface area contributed by atoms with Gasteiger partial charge in [-0.25, -0.2) is 14.4 Å². The summed E-state index contributed by atoms with van der Waals surface area (Å²) in [6.45, 7) is 3.53. The van der Waals surface area contributed by atoms with Crippen molar-refractivity contribution < 1.29 is 27.1 Å². The van der Waals surface area contributed by atoms with E-state index in [-0.39, 0.29) is 17.3 Å². The van der Waals surface area contributed by atoms with Gasteiger partial charge in [-0.3, -0.25) is 9.89 Å². The first-order valence-corrected chi connectivity index (χ1v) is 12.4. The number of aromatic amines is 1. The number of morpholine rings is 1. The molecular formula is C25H28F4N8O2. The van der Waals surface area contributed by atoms with Crippen molar-refractivity contribution in [3.8, 4) is 11.1 Å². The van der Waals surface area contributed by atoms with E-state index >= 15 is 4.39 Å². The minimum absolute atomic E-state index is 0.106. The number of nitrogens with one attached hydrogen (secondary N) is 2. The summed E-state index contributed by atoms with van der Waals surface area (Å²) in [7, 11) is 3.89. The van der Waals surface area contributed by atoms with E-state index < -0.39 is 29.2 Å². The van der Waals surface area contributed by atoms with Crippen LogP contribution in [0.25, 0.3) is 11.1 Å². The quantitative estimate of drug-likeness (QED) is 0.453. The first kappa shape index (κ1) is 26.8. The number of hydrogen-bond acceptors (Lipinski definition) is 8. The molecule has 0 saturated carbocycles.